The van der Waals surface area contributed by atoms with E-state index >= 15 is 0 Å². The summed E-state index contributed by atoms with van der Waals surface area (Å²) in [5, 5.41) is 6.92. The van der Waals surface area contributed by atoms with Gasteiger partial charge in [0, 0.05) is 17.3 Å². The molecule has 1 fully saturated rings. The lowest BCUT2D eigenvalue weighted by Gasteiger charge is -2.17. The summed E-state index contributed by atoms with van der Waals surface area (Å²) in [6.07, 6.45) is 3.61. The summed E-state index contributed by atoms with van der Waals surface area (Å²) in [4.78, 5) is 4.87. The van der Waals surface area contributed by atoms with Crippen molar-refractivity contribution >= 4 is 11.5 Å². The van der Waals surface area contributed by atoms with Gasteiger partial charge in [-0.15, -0.1) is 0 Å². The van der Waals surface area contributed by atoms with E-state index in [-0.39, 0.29) is 0 Å². The molecule has 0 radical (unpaired) electrons. The molecule has 0 saturated carbocycles. The number of nitrogens with one attached hydrogen (secondary N) is 2. The average molecular weight is 402 g/mol. The van der Waals surface area contributed by atoms with E-state index in [0.717, 1.165) is 48.1 Å². The molecule has 1 aliphatic heterocycles. The molecule has 1 aromatic heterocycles. The van der Waals surface area contributed by atoms with Crippen molar-refractivity contribution in [1.82, 2.24) is 10.3 Å². The van der Waals surface area contributed by atoms with Crippen LogP contribution >= 0.6 is 0 Å². The standard InChI is InChI=1S/C26H31N3O/c1-19(2)24-18-22(30-17-15-20-10-7-16-27-20)13-14-23(24)25-11-6-12-26(29-25)28-21-8-4-3-5-9-21/h3-6,8-9,11-14,18-20,27H,7,10,15-17H2,1-2H3,(H,28,29). The molecule has 30 heavy (non-hydrogen) atoms. The highest BCUT2D eigenvalue weighted by Gasteiger charge is 2.15. The van der Waals surface area contributed by atoms with Gasteiger partial charge in [-0.1, -0.05) is 38.1 Å². The molecule has 1 aliphatic rings. The number of benzene rings is 2. The summed E-state index contributed by atoms with van der Waals surface area (Å²) in [5.41, 5.74) is 4.43. The van der Waals surface area contributed by atoms with E-state index in [1.54, 1.807) is 0 Å². The van der Waals surface area contributed by atoms with Gasteiger partial charge in [0.15, 0.2) is 0 Å². The Morgan fingerprint density at radius 1 is 1.07 bits per heavy atom. The molecular weight excluding hydrogens is 370 g/mol. The van der Waals surface area contributed by atoms with Crippen molar-refractivity contribution in [1.29, 1.82) is 0 Å². The van der Waals surface area contributed by atoms with Gasteiger partial charge in [0.05, 0.1) is 12.3 Å². The zero-order valence-corrected chi connectivity index (χ0v) is 17.9. The fourth-order valence-corrected chi connectivity index (χ4v) is 3.99. The van der Waals surface area contributed by atoms with E-state index in [9.17, 15) is 0 Å². The Kier molecular flexibility index (Phi) is 6.65. The number of hydrogen-bond donors (Lipinski definition) is 2. The molecule has 1 saturated heterocycles. The Hall–Kier alpha value is -2.85. The lowest BCUT2D eigenvalue weighted by atomic mass is 9.94. The number of anilines is 2. The fourth-order valence-electron chi connectivity index (χ4n) is 3.99. The SMILES string of the molecule is CC(C)c1cc(OCCC2CCCN2)ccc1-c1cccc(Nc2ccccc2)n1. The molecule has 3 aromatic rings. The van der Waals surface area contributed by atoms with Crippen LogP contribution in [0.1, 0.15) is 44.6 Å². The van der Waals surface area contributed by atoms with Gasteiger partial charge in [0.25, 0.3) is 0 Å². The first-order valence-electron chi connectivity index (χ1n) is 11.0. The maximum absolute atomic E-state index is 6.08. The highest BCUT2D eigenvalue weighted by molar-refractivity contribution is 5.68. The number of aromatic nitrogens is 1. The third-order valence-electron chi connectivity index (χ3n) is 5.61. The first-order chi connectivity index (χ1) is 14.7. The van der Waals surface area contributed by atoms with Crippen LogP contribution in [0.3, 0.4) is 0 Å². The minimum Gasteiger partial charge on any atom is -0.494 e. The summed E-state index contributed by atoms with van der Waals surface area (Å²) in [5.74, 6) is 2.17. The van der Waals surface area contributed by atoms with E-state index in [1.807, 2.05) is 36.4 Å². The Labute approximate surface area is 179 Å². The van der Waals surface area contributed by atoms with Gasteiger partial charge in [0.2, 0.25) is 0 Å². The van der Waals surface area contributed by atoms with Gasteiger partial charge in [-0.2, -0.15) is 0 Å². The predicted octanol–water partition coefficient (Wildman–Crippen LogP) is 6.14. The summed E-state index contributed by atoms with van der Waals surface area (Å²) >= 11 is 0. The number of nitrogens with zero attached hydrogens (tertiary/aromatic N) is 1. The Balaban J connectivity index is 1.50. The van der Waals surface area contributed by atoms with Crippen LogP contribution in [0.15, 0.2) is 66.7 Å². The van der Waals surface area contributed by atoms with E-state index in [0.29, 0.717) is 12.0 Å². The molecule has 2 aromatic carbocycles. The third-order valence-corrected chi connectivity index (χ3v) is 5.61. The molecule has 0 amide bonds. The van der Waals surface area contributed by atoms with Crippen LogP contribution in [0, 0.1) is 0 Å². The molecule has 0 bridgehead atoms. The van der Waals surface area contributed by atoms with Gasteiger partial charge >= 0.3 is 0 Å². The van der Waals surface area contributed by atoms with E-state index in [1.165, 1.54) is 18.4 Å². The van der Waals surface area contributed by atoms with Crippen LogP contribution in [0.4, 0.5) is 11.5 Å². The van der Waals surface area contributed by atoms with Crippen LogP contribution in [0.2, 0.25) is 0 Å². The van der Waals surface area contributed by atoms with Gasteiger partial charge in [0.1, 0.15) is 11.6 Å². The molecule has 1 atom stereocenters. The van der Waals surface area contributed by atoms with Gasteiger partial charge in [-0.05, 0) is 79.8 Å². The maximum atomic E-state index is 6.08. The quantitative estimate of drug-likeness (QED) is 0.476. The summed E-state index contributed by atoms with van der Waals surface area (Å²) < 4.78 is 6.08. The number of para-hydroxylation sites is 1. The van der Waals surface area contributed by atoms with Crippen molar-refractivity contribution in [2.75, 3.05) is 18.5 Å². The third kappa shape index (κ3) is 5.19. The van der Waals surface area contributed by atoms with E-state index in [2.05, 4.69) is 54.8 Å². The van der Waals surface area contributed by atoms with Gasteiger partial charge < -0.3 is 15.4 Å². The highest BCUT2D eigenvalue weighted by Crippen LogP contribution is 2.32. The molecule has 156 valence electrons. The smallest absolute Gasteiger partial charge is 0.131 e. The molecule has 2 heterocycles. The summed E-state index contributed by atoms with van der Waals surface area (Å²) in [6.45, 7) is 6.33. The van der Waals surface area contributed by atoms with Crippen LogP contribution in [-0.2, 0) is 0 Å². The molecule has 2 N–H and O–H groups in total. The normalized spacial score (nSPS) is 16.0. The molecule has 4 heteroatoms. The fraction of sp³-hybridized carbons (Fsp3) is 0.346. The van der Waals surface area contributed by atoms with Crippen molar-refractivity contribution in [2.45, 2.75) is 45.1 Å². The number of rotatable bonds is 8. The second-order valence-electron chi connectivity index (χ2n) is 8.23. The number of hydrogen-bond acceptors (Lipinski definition) is 4. The van der Waals surface area contributed by atoms with Crippen molar-refractivity contribution in [3.05, 3.63) is 72.3 Å². The molecular formula is C26H31N3O. The van der Waals surface area contributed by atoms with Crippen molar-refractivity contribution in [3.63, 3.8) is 0 Å². The lowest BCUT2D eigenvalue weighted by Crippen LogP contribution is -2.23. The lowest BCUT2D eigenvalue weighted by molar-refractivity contribution is 0.292. The van der Waals surface area contributed by atoms with Crippen molar-refractivity contribution in [3.8, 4) is 17.0 Å². The highest BCUT2D eigenvalue weighted by atomic mass is 16.5. The van der Waals surface area contributed by atoms with E-state index in [4.69, 9.17) is 9.72 Å². The summed E-state index contributed by atoms with van der Waals surface area (Å²) in [6, 6.07) is 23.3. The molecule has 0 aliphatic carbocycles. The predicted molar refractivity (Wildman–Crippen MR) is 125 cm³/mol. The van der Waals surface area contributed by atoms with Crippen LogP contribution in [0.5, 0.6) is 5.75 Å². The van der Waals surface area contributed by atoms with Crippen molar-refractivity contribution < 1.29 is 4.74 Å². The first kappa shape index (κ1) is 20.4. The average Bonchev–Trinajstić information content (AvgIpc) is 3.28. The molecule has 0 spiro atoms. The molecule has 4 nitrogen and oxygen atoms in total. The zero-order chi connectivity index (χ0) is 20.8. The Bertz CT molecular complexity index is 950. The van der Waals surface area contributed by atoms with Crippen molar-refractivity contribution in [2.24, 2.45) is 0 Å². The van der Waals surface area contributed by atoms with Gasteiger partial charge in [-0.25, -0.2) is 4.98 Å². The molecule has 4 rings (SSSR count). The zero-order valence-electron chi connectivity index (χ0n) is 17.9. The van der Waals surface area contributed by atoms with Crippen LogP contribution in [0.25, 0.3) is 11.3 Å². The summed E-state index contributed by atoms with van der Waals surface area (Å²) in [7, 11) is 0. The Morgan fingerprint density at radius 3 is 2.70 bits per heavy atom. The second-order valence-corrected chi connectivity index (χ2v) is 8.23. The van der Waals surface area contributed by atoms with E-state index < -0.39 is 0 Å². The second kappa shape index (κ2) is 9.77. The minimum atomic E-state index is 0.382. The number of pyridine rings is 1. The van der Waals surface area contributed by atoms with Crippen LogP contribution < -0.4 is 15.4 Å². The largest absolute Gasteiger partial charge is 0.494 e. The van der Waals surface area contributed by atoms with Gasteiger partial charge in [-0.3, -0.25) is 0 Å². The first-order valence-corrected chi connectivity index (χ1v) is 11.0. The monoisotopic (exact) mass is 401 g/mol. The number of ether oxygens (including phenoxy) is 1. The molecule has 1 unspecified atom stereocenters. The topological polar surface area (TPSA) is 46.2 Å². The minimum absolute atomic E-state index is 0.382. The maximum Gasteiger partial charge on any atom is 0.131 e. The van der Waals surface area contributed by atoms with Crippen LogP contribution in [-0.4, -0.2) is 24.2 Å². The Morgan fingerprint density at radius 2 is 1.93 bits per heavy atom.